The summed E-state index contributed by atoms with van der Waals surface area (Å²) in [7, 11) is 0. The number of hydrogen-bond donors (Lipinski definition) is 1. The molecular weight excluding hydrogens is 178 g/mol. The molecule has 1 atom stereocenters. The van der Waals surface area contributed by atoms with E-state index in [4.69, 9.17) is 5.73 Å². The second kappa shape index (κ2) is 5.20. The molecular formula is C11H17NS. The number of rotatable bonds is 5. The monoisotopic (exact) mass is 195 g/mol. The van der Waals surface area contributed by atoms with E-state index in [-0.39, 0.29) is 6.04 Å². The minimum Gasteiger partial charge on any atom is -0.323 e. The van der Waals surface area contributed by atoms with Crippen molar-refractivity contribution in [2.45, 2.75) is 32.2 Å². The lowest BCUT2D eigenvalue weighted by Gasteiger charge is -2.06. The number of nitrogens with two attached hydrogens (primary N) is 1. The molecule has 72 valence electrons. The summed E-state index contributed by atoms with van der Waals surface area (Å²) in [5.74, 6) is 0. The fourth-order valence-electron chi connectivity index (χ4n) is 1.22. The van der Waals surface area contributed by atoms with Crippen molar-refractivity contribution in [3.05, 3.63) is 34.5 Å². The zero-order chi connectivity index (χ0) is 9.68. The molecule has 1 aromatic heterocycles. The number of hydrogen-bond acceptors (Lipinski definition) is 2. The Labute approximate surface area is 84.3 Å². The fourth-order valence-corrected chi connectivity index (χ4v) is 2.21. The maximum Gasteiger partial charge on any atom is 0.0392 e. The van der Waals surface area contributed by atoms with E-state index in [1.54, 1.807) is 0 Å². The molecule has 0 saturated heterocycles. The van der Waals surface area contributed by atoms with E-state index in [0.29, 0.717) is 0 Å². The molecule has 0 bridgehead atoms. The Morgan fingerprint density at radius 1 is 1.62 bits per heavy atom. The van der Waals surface area contributed by atoms with E-state index in [0.717, 1.165) is 19.3 Å². The highest BCUT2D eigenvalue weighted by Gasteiger charge is 2.07. The zero-order valence-electron chi connectivity index (χ0n) is 8.12. The van der Waals surface area contributed by atoms with Gasteiger partial charge in [-0.15, -0.1) is 17.9 Å². The maximum absolute atomic E-state index is 6.01. The number of allylic oxidation sites excluding steroid dienone is 1. The highest BCUT2D eigenvalue weighted by atomic mass is 32.1. The molecule has 0 radical (unpaired) electrons. The standard InChI is InChI=1S/C11H17NS/c1-3-5-6-10(12)11-8-7-9(4-2)13-11/h3,7-8,10H,1,4-6,12H2,2H3. The molecule has 0 aliphatic carbocycles. The lowest BCUT2D eigenvalue weighted by molar-refractivity contribution is 0.673. The minimum atomic E-state index is 0.197. The molecule has 0 amide bonds. The van der Waals surface area contributed by atoms with Crippen molar-refractivity contribution in [1.29, 1.82) is 0 Å². The summed E-state index contributed by atoms with van der Waals surface area (Å²) in [6.45, 7) is 5.87. The van der Waals surface area contributed by atoms with E-state index >= 15 is 0 Å². The van der Waals surface area contributed by atoms with Gasteiger partial charge in [-0.2, -0.15) is 0 Å². The summed E-state index contributed by atoms with van der Waals surface area (Å²) >= 11 is 1.83. The van der Waals surface area contributed by atoms with Crippen molar-refractivity contribution in [2.75, 3.05) is 0 Å². The van der Waals surface area contributed by atoms with Gasteiger partial charge in [0, 0.05) is 15.8 Å². The van der Waals surface area contributed by atoms with Crippen molar-refractivity contribution >= 4 is 11.3 Å². The molecule has 2 N–H and O–H groups in total. The van der Waals surface area contributed by atoms with Crippen LogP contribution in [0.2, 0.25) is 0 Å². The van der Waals surface area contributed by atoms with Crippen LogP contribution < -0.4 is 5.73 Å². The van der Waals surface area contributed by atoms with Gasteiger partial charge >= 0.3 is 0 Å². The maximum atomic E-state index is 6.01. The molecule has 1 nitrogen and oxygen atoms in total. The normalized spacial score (nSPS) is 12.8. The first-order valence-corrected chi connectivity index (χ1v) is 5.54. The first kappa shape index (κ1) is 10.5. The van der Waals surface area contributed by atoms with E-state index in [1.165, 1.54) is 9.75 Å². The lowest BCUT2D eigenvalue weighted by Crippen LogP contribution is -2.07. The van der Waals surface area contributed by atoms with Crippen LogP contribution >= 0.6 is 11.3 Å². The van der Waals surface area contributed by atoms with Gasteiger partial charge in [0.1, 0.15) is 0 Å². The van der Waals surface area contributed by atoms with E-state index < -0.39 is 0 Å². The third-order valence-corrected chi connectivity index (χ3v) is 3.44. The summed E-state index contributed by atoms with van der Waals surface area (Å²) in [6.07, 6.45) is 5.04. The summed E-state index contributed by atoms with van der Waals surface area (Å²) in [6, 6.07) is 4.52. The van der Waals surface area contributed by atoms with Crippen LogP contribution in [-0.4, -0.2) is 0 Å². The number of aryl methyl sites for hydroxylation is 1. The molecule has 0 spiro atoms. The Balaban J connectivity index is 2.54. The fraction of sp³-hybridized carbons (Fsp3) is 0.455. The second-order valence-corrected chi connectivity index (χ2v) is 4.33. The molecule has 0 saturated carbocycles. The Hall–Kier alpha value is -0.600. The average molecular weight is 195 g/mol. The van der Waals surface area contributed by atoms with Gasteiger partial charge < -0.3 is 5.73 Å². The van der Waals surface area contributed by atoms with Gasteiger partial charge in [-0.25, -0.2) is 0 Å². The van der Waals surface area contributed by atoms with Crippen LogP contribution in [0.1, 0.15) is 35.6 Å². The Morgan fingerprint density at radius 3 is 2.92 bits per heavy atom. The summed E-state index contributed by atoms with van der Waals surface area (Å²) in [4.78, 5) is 2.72. The average Bonchev–Trinajstić information content (AvgIpc) is 2.62. The predicted octanol–water partition coefficient (Wildman–Crippen LogP) is 3.28. The molecule has 1 rings (SSSR count). The molecule has 0 aliphatic heterocycles. The van der Waals surface area contributed by atoms with Gasteiger partial charge in [-0.3, -0.25) is 0 Å². The van der Waals surface area contributed by atoms with Crippen molar-refractivity contribution < 1.29 is 0 Å². The van der Waals surface area contributed by atoms with Gasteiger partial charge in [0.15, 0.2) is 0 Å². The van der Waals surface area contributed by atoms with Gasteiger partial charge in [0.2, 0.25) is 0 Å². The van der Waals surface area contributed by atoms with E-state index in [1.807, 2.05) is 17.4 Å². The molecule has 1 aromatic rings. The third kappa shape index (κ3) is 2.98. The molecule has 0 aliphatic rings. The van der Waals surface area contributed by atoms with E-state index in [9.17, 15) is 0 Å². The van der Waals surface area contributed by atoms with Gasteiger partial charge in [0.05, 0.1) is 0 Å². The summed E-state index contributed by atoms with van der Waals surface area (Å²) < 4.78 is 0. The van der Waals surface area contributed by atoms with Crippen LogP contribution in [0.5, 0.6) is 0 Å². The molecule has 1 heterocycles. The molecule has 1 unspecified atom stereocenters. The Kier molecular flexibility index (Phi) is 4.19. The summed E-state index contributed by atoms with van der Waals surface area (Å²) in [5.41, 5.74) is 6.01. The second-order valence-electron chi connectivity index (χ2n) is 3.13. The first-order valence-electron chi connectivity index (χ1n) is 4.73. The van der Waals surface area contributed by atoms with Crippen molar-refractivity contribution in [2.24, 2.45) is 5.73 Å². The molecule has 0 fully saturated rings. The first-order chi connectivity index (χ1) is 6.27. The molecule has 2 heteroatoms. The van der Waals surface area contributed by atoms with Crippen LogP contribution in [-0.2, 0) is 6.42 Å². The van der Waals surface area contributed by atoms with Crippen LogP contribution in [0.4, 0.5) is 0 Å². The van der Waals surface area contributed by atoms with Crippen LogP contribution in [0, 0.1) is 0 Å². The summed E-state index contributed by atoms with van der Waals surface area (Å²) in [5, 5.41) is 0. The Morgan fingerprint density at radius 2 is 2.38 bits per heavy atom. The largest absolute Gasteiger partial charge is 0.323 e. The highest BCUT2D eigenvalue weighted by molar-refractivity contribution is 7.12. The topological polar surface area (TPSA) is 26.0 Å². The highest BCUT2D eigenvalue weighted by Crippen LogP contribution is 2.24. The molecule has 0 aromatic carbocycles. The smallest absolute Gasteiger partial charge is 0.0392 e. The zero-order valence-corrected chi connectivity index (χ0v) is 8.94. The van der Waals surface area contributed by atoms with Crippen molar-refractivity contribution in [3.63, 3.8) is 0 Å². The minimum absolute atomic E-state index is 0.197. The van der Waals surface area contributed by atoms with Crippen molar-refractivity contribution in [1.82, 2.24) is 0 Å². The number of thiophene rings is 1. The van der Waals surface area contributed by atoms with Gasteiger partial charge in [-0.1, -0.05) is 13.0 Å². The predicted molar refractivity (Wildman–Crippen MR) is 60.1 cm³/mol. The molecule has 13 heavy (non-hydrogen) atoms. The van der Waals surface area contributed by atoms with Gasteiger partial charge in [0.25, 0.3) is 0 Å². The SMILES string of the molecule is C=CCCC(N)c1ccc(CC)s1. The van der Waals surface area contributed by atoms with Gasteiger partial charge in [-0.05, 0) is 31.4 Å². The lowest BCUT2D eigenvalue weighted by atomic mass is 10.1. The van der Waals surface area contributed by atoms with Crippen molar-refractivity contribution in [3.8, 4) is 0 Å². The van der Waals surface area contributed by atoms with E-state index in [2.05, 4.69) is 25.6 Å². The third-order valence-electron chi connectivity index (χ3n) is 2.08. The van der Waals surface area contributed by atoms with Crippen LogP contribution in [0.25, 0.3) is 0 Å². The Bertz CT molecular complexity index is 265. The quantitative estimate of drug-likeness (QED) is 0.717. The van der Waals surface area contributed by atoms with Crippen LogP contribution in [0.3, 0.4) is 0 Å². The van der Waals surface area contributed by atoms with Crippen LogP contribution in [0.15, 0.2) is 24.8 Å².